The number of para-hydroxylation sites is 1. The summed E-state index contributed by atoms with van der Waals surface area (Å²) in [7, 11) is 0. The van der Waals surface area contributed by atoms with Gasteiger partial charge >= 0.3 is 29.6 Å². The van der Waals surface area contributed by atoms with Gasteiger partial charge in [0.25, 0.3) is 0 Å². The number of hydrogen-bond donors (Lipinski definition) is 2. The van der Waals surface area contributed by atoms with Crippen molar-refractivity contribution in [2.24, 2.45) is 11.8 Å². The van der Waals surface area contributed by atoms with Crippen molar-refractivity contribution in [2.45, 2.75) is 25.7 Å². The van der Waals surface area contributed by atoms with E-state index < -0.39 is 23.5 Å². The number of carboxylic acid groups (broad SMARTS) is 1. The normalized spacial score (nSPS) is 17.8. The first kappa shape index (κ1) is 25.1. The van der Waals surface area contributed by atoms with Gasteiger partial charge in [0.15, 0.2) is 0 Å². The van der Waals surface area contributed by atoms with Crippen molar-refractivity contribution in [3.8, 4) is 28.1 Å². The largest absolute Gasteiger partial charge is 1.00 e. The SMILES string of the molecule is O=C([O-])C1CCC(CNc2cc(-c3c(F)cccc3F)cc(-c3ccccc3O)n2)CC1.[Na+]. The Morgan fingerprint density at radius 1 is 1.03 bits per heavy atom. The van der Waals surface area contributed by atoms with Crippen molar-refractivity contribution in [3.05, 3.63) is 66.2 Å². The number of aromatic nitrogens is 1. The van der Waals surface area contributed by atoms with Crippen LogP contribution in [0.1, 0.15) is 25.7 Å². The summed E-state index contributed by atoms with van der Waals surface area (Å²) in [6.07, 6.45) is 2.65. The predicted octanol–water partition coefficient (Wildman–Crippen LogP) is 1.37. The molecule has 4 rings (SSSR count). The Labute approximate surface area is 213 Å². The molecule has 0 radical (unpaired) electrons. The third kappa shape index (κ3) is 5.91. The molecule has 8 heteroatoms. The number of phenolic OH excluding ortho intramolecular Hbond substituents is 1. The van der Waals surface area contributed by atoms with Crippen LogP contribution in [0.5, 0.6) is 5.75 Å². The minimum Gasteiger partial charge on any atom is -0.550 e. The quantitative estimate of drug-likeness (QED) is 0.543. The summed E-state index contributed by atoms with van der Waals surface area (Å²) in [4.78, 5) is 15.6. The van der Waals surface area contributed by atoms with E-state index >= 15 is 0 Å². The van der Waals surface area contributed by atoms with Crippen LogP contribution in [0.15, 0.2) is 54.6 Å². The molecule has 1 aromatic heterocycles. The number of nitrogens with one attached hydrogen (secondary N) is 1. The molecule has 1 saturated carbocycles. The number of hydrogen-bond acceptors (Lipinski definition) is 5. The third-order valence-corrected chi connectivity index (χ3v) is 6.01. The fourth-order valence-corrected chi connectivity index (χ4v) is 4.22. The van der Waals surface area contributed by atoms with Gasteiger partial charge < -0.3 is 20.3 Å². The number of anilines is 1. The minimum absolute atomic E-state index is 0. The Kier molecular flexibility index (Phi) is 8.46. The van der Waals surface area contributed by atoms with Gasteiger partial charge in [-0.3, -0.25) is 0 Å². The topological polar surface area (TPSA) is 85.3 Å². The molecule has 0 bridgehead atoms. The number of aromatic hydroxyl groups is 1. The Hall–Kier alpha value is -2.48. The summed E-state index contributed by atoms with van der Waals surface area (Å²) < 4.78 is 29.0. The number of carbonyl (C=O) groups is 1. The molecule has 0 atom stereocenters. The van der Waals surface area contributed by atoms with Crippen LogP contribution in [0.3, 0.4) is 0 Å². The zero-order valence-corrected chi connectivity index (χ0v) is 20.4. The van der Waals surface area contributed by atoms with Crippen molar-refractivity contribution >= 4 is 11.8 Å². The van der Waals surface area contributed by atoms with E-state index in [2.05, 4.69) is 10.3 Å². The second kappa shape index (κ2) is 11.1. The molecule has 2 aromatic carbocycles. The zero-order chi connectivity index (χ0) is 22.7. The molecule has 5 nitrogen and oxygen atoms in total. The fourth-order valence-electron chi connectivity index (χ4n) is 4.22. The average Bonchev–Trinajstić information content (AvgIpc) is 2.78. The van der Waals surface area contributed by atoms with E-state index in [0.717, 1.165) is 12.8 Å². The van der Waals surface area contributed by atoms with Gasteiger partial charge in [-0.25, -0.2) is 13.8 Å². The standard InChI is InChI=1S/C25H24F2N2O3.Na/c26-19-5-3-6-20(27)24(19)17-12-21(18-4-1-2-7-22(18)30)29-23(13-17)28-14-15-8-10-16(11-9-15)25(31)32;/h1-7,12-13,15-16,30H,8-11,14H2,(H,28,29)(H,31,32);/q;+1/p-1. The number of aliphatic carboxylic acids is 1. The first-order chi connectivity index (χ1) is 15.4. The molecule has 0 unspecified atom stereocenters. The van der Waals surface area contributed by atoms with Crippen LogP contribution in [-0.2, 0) is 4.79 Å². The fraction of sp³-hybridized carbons (Fsp3) is 0.280. The van der Waals surface area contributed by atoms with E-state index in [4.69, 9.17) is 0 Å². The molecule has 166 valence electrons. The zero-order valence-electron chi connectivity index (χ0n) is 18.4. The van der Waals surface area contributed by atoms with Crippen LogP contribution in [0.4, 0.5) is 14.6 Å². The molecule has 1 aliphatic rings. The van der Waals surface area contributed by atoms with Crippen LogP contribution in [0.2, 0.25) is 0 Å². The summed E-state index contributed by atoms with van der Waals surface area (Å²) in [6.45, 7) is 0.552. The summed E-state index contributed by atoms with van der Waals surface area (Å²) in [6, 6.07) is 13.5. The molecular weight excluding hydrogens is 437 g/mol. The van der Waals surface area contributed by atoms with Crippen LogP contribution >= 0.6 is 0 Å². The van der Waals surface area contributed by atoms with Gasteiger partial charge in [-0.1, -0.05) is 18.2 Å². The van der Waals surface area contributed by atoms with Crippen molar-refractivity contribution in [2.75, 3.05) is 11.9 Å². The van der Waals surface area contributed by atoms with Gasteiger partial charge in [0, 0.05) is 18.1 Å². The molecule has 1 fully saturated rings. The molecular formula is C25H23F2N2NaO3. The van der Waals surface area contributed by atoms with Gasteiger partial charge in [0.2, 0.25) is 0 Å². The van der Waals surface area contributed by atoms with Crippen molar-refractivity contribution in [1.29, 1.82) is 0 Å². The van der Waals surface area contributed by atoms with Crippen LogP contribution in [0, 0.1) is 23.5 Å². The molecule has 0 saturated heterocycles. The number of benzene rings is 2. The van der Waals surface area contributed by atoms with Crippen molar-refractivity contribution < 1.29 is 53.3 Å². The maximum atomic E-state index is 14.5. The Morgan fingerprint density at radius 2 is 1.70 bits per heavy atom. The Balaban J connectivity index is 0.00000306. The molecule has 3 aromatic rings. The molecule has 2 N–H and O–H groups in total. The van der Waals surface area contributed by atoms with E-state index in [1.165, 1.54) is 24.3 Å². The number of halogens is 2. The van der Waals surface area contributed by atoms with Gasteiger partial charge in [0.1, 0.15) is 23.2 Å². The molecule has 0 aliphatic heterocycles. The van der Waals surface area contributed by atoms with E-state index in [1.807, 2.05) is 0 Å². The molecule has 0 spiro atoms. The summed E-state index contributed by atoms with van der Waals surface area (Å²) in [5, 5.41) is 24.6. The van der Waals surface area contributed by atoms with E-state index in [9.17, 15) is 23.8 Å². The summed E-state index contributed by atoms with van der Waals surface area (Å²) in [5.74, 6) is -2.08. The monoisotopic (exact) mass is 460 g/mol. The van der Waals surface area contributed by atoms with E-state index in [1.54, 1.807) is 30.3 Å². The molecule has 1 heterocycles. The number of carbonyl (C=O) groups excluding carboxylic acids is 1. The molecule has 1 aliphatic carbocycles. The van der Waals surface area contributed by atoms with Crippen LogP contribution in [0.25, 0.3) is 22.4 Å². The van der Waals surface area contributed by atoms with Gasteiger partial charge in [-0.15, -0.1) is 0 Å². The van der Waals surface area contributed by atoms with E-state index in [-0.39, 0.29) is 46.8 Å². The Morgan fingerprint density at radius 3 is 2.33 bits per heavy atom. The molecule has 0 amide bonds. The number of carboxylic acids is 1. The number of phenols is 1. The number of pyridine rings is 1. The first-order valence-corrected chi connectivity index (χ1v) is 10.6. The average molecular weight is 460 g/mol. The van der Waals surface area contributed by atoms with Gasteiger partial charge in [0.05, 0.1) is 11.3 Å². The van der Waals surface area contributed by atoms with Gasteiger partial charge in [-0.2, -0.15) is 0 Å². The number of rotatable bonds is 6. The van der Waals surface area contributed by atoms with Crippen LogP contribution < -0.4 is 40.0 Å². The maximum Gasteiger partial charge on any atom is 1.00 e. The molecule has 33 heavy (non-hydrogen) atoms. The minimum atomic E-state index is -0.995. The van der Waals surface area contributed by atoms with E-state index in [0.29, 0.717) is 42.0 Å². The smallest absolute Gasteiger partial charge is 0.550 e. The van der Waals surface area contributed by atoms with Crippen LogP contribution in [-0.4, -0.2) is 22.6 Å². The third-order valence-electron chi connectivity index (χ3n) is 6.01. The van der Waals surface area contributed by atoms with Gasteiger partial charge in [-0.05, 0) is 79.5 Å². The second-order valence-corrected chi connectivity index (χ2v) is 8.16. The summed E-state index contributed by atoms with van der Waals surface area (Å²) in [5.41, 5.74) is 0.969. The Bertz CT molecular complexity index is 1110. The first-order valence-electron chi connectivity index (χ1n) is 10.6. The van der Waals surface area contributed by atoms with Crippen molar-refractivity contribution in [1.82, 2.24) is 4.98 Å². The number of nitrogens with zero attached hydrogens (tertiary/aromatic N) is 1. The van der Waals surface area contributed by atoms with Crippen molar-refractivity contribution in [3.63, 3.8) is 0 Å². The predicted molar refractivity (Wildman–Crippen MR) is 116 cm³/mol. The summed E-state index contributed by atoms with van der Waals surface area (Å²) >= 11 is 0. The maximum absolute atomic E-state index is 14.5. The second-order valence-electron chi connectivity index (χ2n) is 8.16.